The van der Waals surface area contributed by atoms with Gasteiger partial charge in [0, 0.05) is 13.2 Å². The van der Waals surface area contributed by atoms with Crippen molar-refractivity contribution in [2.75, 3.05) is 12.4 Å². The molecule has 0 bridgehead atoms. The van der Waals surface area contributed by atoms with Crippen LogP contribution in [0.1, 0.15) is 5.56 Å². The van der Waals surface area contributed by atoms with Gasteiger partial charge in [-0.3, -0.25) is 15.4 Å². The highest BCUT2D eigenvalue weighted by atomic mass is 15.3. The topological polar surface area (TPSA) is 75.3 Å². The third-order valence-corrected chi connectivity index (χ3v) is 1.65. The molecular weight excluding hydrogens is 166 g/mol. The molecule has 0 atom stereocenters. The zero-order valence-corrected chi connectivity index (χ0v) is 7.70. The predicted octanol–water partition coefficient (Wildman–Crippen LogP) is 0.251. The number of guanidine groups is 1. The lowest BCUT2D eigenvalue weighted by atomic mass is 10.2. The molecule has 0 aliphatic heterocycles. The van der Waals surface area contributed by atoms with Crippen molar-refractivity contribution in [1.29, 1.82) is 0 Å². The minimum absolute atomic E-state index is 0.510. The van der Waals surface area contributed by atoms with Crippen molar-refractivity contribution in [3.63, 3.8) is 0 Å². The van der Waals surface area contributed by atoms with Crippen LogP contribution in [0.5, 0.6) is 0 Å². The fraction of sp³-hybridized carbons (Fsp3) is 0.250. The Morgan fingerprint density at radius 1 is 1.62 bits per heavy atom. The normalized spacial score (nSPS) is 11.2. The number of hydrogen-bond acceptors (Lipinski definition) is 3. The second-order valence-electron chi connectivity index (χ2n) is 2.53. The molecule has 0 aromatic carbocycles. The van der Waals surface area contributed by atoms with Crippen LogP contribution < -0.4 is 16.6 Å². The Morgan fingerprint density at radius 3 is 2.92 bits per heavy atom. The Morgan fingerprint density at radius 2 is 2.38 bits per heavy atom. The van der Waals surface area contributed by atoms with E-state index < -0.39 is 0 Å². The number of aryl methyl sites for hydroxylation is 1. The summed E-state index contributed by atoms with van der Waals surface area (Å²) < 4.78 is 0. The average Bonchev–Trinajstić information content (AvgIpc) is 2.17. The van der Waals surface area contributed by atoms with Crippen molar-refractivity contribution in [3.8, 4) is 0 Å². The highest BCUT2D eigenvalue weighted by Crippen LogP contribution is 2.10. The van der Waals surface area contributed by atoms with Crippen molar-refractivity contribution in [1.82, 2.24) is 10.4 Å². The van der Waals surface area contributed by atoms with Gasteiger partial charge in [0.15, 0.2) is 0 Å². The maximum absolute atomic E-state index is 5.22. The van der Waals surface area contributed by atoms with E-state index in [4.69, 9.17) is 5.84 Å². The molecule has 1 aromatic rings. The highest BCUT2D eigenvalue weighted by molar-refractivity contribution is 5.93. The van der Waals surface area contributed by atoms with Crippen LogP contribution in [0.4, 0.5) is 5.69 Å². The van der Waals surface area contributed by atoms with E-state index in [2.05, 4.69) is 20.7 Å². The Labute approximate surface area is 77.1 Å². The van der Waals surface area contributed by atoms with Crippen LogP contribution in [-0.2, 0) is 0 Å². The van der Waals surface area contributed by atoms with Gasteiger partial charge in [-0.05, 0) is 18.6 Å². The van der Waals surface area contributed by atoms with Crippen molar-refractivity contribution < 1.29 is 0 Å². The summed E-state index contributed by atoms with van der Waals surface area (Å²) in [5.41, 5.74) is 4.42. The fourth-order valence-electron chi connectivity index (χ4n) is 0.879. The number of nitrogens with one attached hydrogen (secondary N) is 2. The molecule has 0 saturated heterocycles. The average molecular weight is 179 g/mol. The van der Waals surface area contributed by atoms with E-state index in [-0.39, 0.29) is 0 Å². The zero-order valence-electron chi connectivity index (χ0n) is 7.70. The minimum atomic E-state index is 0.510. The Hall–Kier alpha value is -1.62. The van der Waals surface area contributed by atoms with Gasteiger partial charge in [-0.15, -0.1) is 0 Å². The number of nitrogens with two attached hydrogens (primary N) is 1. The molecule has 0 spiro atoms. The maximum atomic E-state index is 5.22. The number of hydrazine groups is 1. The number of pyridine rings is 1. The second-order valence-corrected chi connectivity index (χ2v) is 2.53. The maximum Gasteiger partial charge on any atom is 0.210 e. The van der Waals surface area contributed by atoms with Gasteiger partial charge < -0.3 is 5.32 Å². The van der Waals surface area contributed by atoms with Crippen LogP contribution in [0.25, 0.3) is 0 Å². The molecular formula is C8H13N5. The number of aliphatic imine (C=N–C) groups is 1. The van der Waals surface area contributed by atoms with Crippen molar-refractivity contribution >= 4 is 11.6 Å². The van der Waals surface area contributed by atoms with Crippen LogP contribution in [0.2, 0.25) is 0 Å². The monoisotopic (exact) mass is 179 g/mol. The lowest BCUT2D eigenvalue weighted by molar-refractivity contribution is 1.01. The molecule has 1 aromatic heterocycles. The van der Waals surface area contributed by atoms with E-state index in [1.807, 2.05) is 13.0 Å². The summed E-state index contributed by atoms with van der Waals surface area (Å²) in [6.07, 6.45) is 3.46. The molecule has 0 aliphatic rings. The zero-order chi connectivity index (χ0) is 9.68. The lowest BCUT2D eigenvalue weighted by Crippen LogP contribution is -2.36. The fourth-order valence-corrected chi connectivity index (χ4v) is 0.879. The van der Waals surface area contributed by atoms with Gasteiger partial charge in [0.05, 0.1) is 11.9 Å². The largest absolute Gasteiger partial charge is 0.324 e. The summed E-state index contributed by atoms with van der Waals surface area (Å²) in [4.78, 5) is 7.87. The standard InChI is InChI=1S/C8H13N5/c1-6-3-4-11-5-7(6)12-8(10-2)13-9/h3-5H,9H2,1-2H3,(H2,10,12,13). The highest BCUT2D eigenvalue weighted by Gasteiger charge is 1.98. The molecule has 0 amide bonds. The molecule has 0 aliphatic carbocycles. The van der Waals surface area contributed by atoms with E-state index in [9.17, 15) is 0 Å². The van der Waals surface area contributed by atoms with Gasteiger partial charge in [-0.25, -0.2) is 5.84 Å². The van der Waals surface area contributed by atoms with Crippen molar-refractivity contribution in [3.05, 3.63) is 24.0 Å². The SMILES string of the molecule is CN=C(NN)Nc1cnccc1C. The molecule has 5 heteroatoms. The number of nitrogens with zero attached hydrogens (tertiary/aromatic N) is 2. The molecule has 5 nitrogen and oxygen atoms in total. The van der Waals surface area contributed by atoms with Crippen LogP contribution in [0.15, 0.2) is 23.5 Å². The van der Waals surface area contributed by atoms with E-state index in [1.165, 1.54) is 0 Å². The molecule has 70 valence electrons. The molecule has 1 rings (SSSR count). The number of hydrogen-bond donors (Lipinski definition) is 3. The molecule has 0 radical (unpaired) electrons. The van der Waals surface area contributed by atoms with Crippen molar-refractivity contribution in [2.45, 2.75) is 6.92 Å². The summed E-state index contributed by atoms with van der Waals surface area (Å²) in [7, 11) is 1.65. The first kappa shape index (κ1) is 9.47. The first-order valence-electron chi connectivity index (χ1n) is 3.89. The van der Waals surface area contributed by atoms with Gasteiger partial charge in [0.2, 0.25) is 5.96 Å². The Kier molecular flexibility index (Phi) is 3.22. The van der Waals surface area contributed by atoms with Gasteiger partial charge in [-0.2, -0.15) is 0 Å². The summed E-state index contributed by atoms with van der Waals surface area (Å²) in [6.45, 7) is 1.98. The van der Waals surface area contributed by atoms with E-state index in [1.54, 1.807) is 19.4 Å². The quantitative estimate of drug-likeness (QED) is 0.250. The summed E-state index contributed by atoms with van der Waals surface area (Å²) in [6, 6.07) is 1.91. The van der Waals surface area contributed by atoms with Gasteiger partial charge >= 0.3 is 0 Å². The van der Waals surface area contributed by atoms with Gasteiger partial charge in [0.1, 0.15) is 0 Å². The van der Waals surface area contributed by atoms with Crippen LogP contribution in [-0.4, -0.2) is 18.0 Å². The molecule has 1 heterocycles. The molecule has 0 fully saturated rings. The van der Waals surface area contributed by atoms with Crippen molar-refractivity contribution in [2.24, 2.45) is 10.8 Å². The Bertz CT molecular complexity index is 307. The first-order chi connectivity index (χ1) is 6.27. The van der Waals surface area contributed by atoms with E-state index in [0.717, 1.165) is 11.3 Å². The molecule has 0 unspecified atom stereocenters. The molecule has 0 saturated carbocycles. The van der Waals surface area contributed by atoms with Crippen LogP contribution >= 0.6 is 0 Å². The summed E-state index contributed by atoms with van der Waals surface area (Å²) in [5, 5.41) is 3.00. The number of anilines is 1. The summed E-state index contributed by atoms with van der Waals surface area (Å²) >= 11 is 0. The first-order valence-corrected chi connectivity index (χ1v) is 3.89. The van der Waals surface area contributed by atoms with E-state index >= 15 is 0 Å². The minimum Gasteiger partial charge on any atom is -0.324 e. The van der Waals surface area contributed by atoms with Gasteiger partial charge in [0.25, 0.3) is 0 Å². The lowest BCUT2D eigenvalue weighted by Gasteiger charge is -2.09. The van der Waals surface area contributed by atoms with Crippen LogP contribution in [0, 0.1) is 6.92 Å². The third kappa shape index (κ3) is 2.41. The summed E-state index contributed by atoms with van der Waals surface area (Å²) in [5.74, 6) is 5.73. The second kappa shape index (κ2) is 4.42. The Balaban J connectivity index is 2.80. The van der Waals surface area contributed by atoms with E-state index in [0.29, 0.717) is 5.96 Å². The number of rotatable bonds is 1. The molecule has 13 heavy (non-hydrogen) atoms. The predicted molar refractivity (Wildman–Crippen MR) is 53.3 cm³/mol. The number of aromatic nitrogens is 1. The molecule has 4 N–H and O–H groups in total. The van der Waals surface area contributed by atoms with Crippen LogP contribution in [0.3, 0.4) is 0 Å². The van der Waals surface area contributed by atoms with Gasteiger partial charge in [-0.1, -0.05) is 0 Å². The third-order valence-electron chi connectivity index (χ3n) is 1.65. The smallest absolute Gasteiger partial charge is 0.210 e.